The number of hydrogen-bond donors (Lipinski definition) is 3. The molecule has 1 aliphatic heterocycles. The lowest BCUT2D eigenvalue weighted by Gasteiger charge is -2.23. The van der Waals surface area contributed by atoms with Gasteiger partial charge in [-0.15, -0.1) is 0 Å². The Balaban J connectivity index is 1.22. The standard InChI is InChI=1S/C29H29ClN6O2/c30-28-26(35-16-5-14-31-15-17-35)19-27(37)36(34-28)20-21-6-4-9-25(18-21)33-29(38)32-24-12-10-23(11-13-24)22-7-2-1-3-8-22/h1-4,6-13,18-19,31H,5,14-17,20H2,(H2,32,33,38). The maximum atomic E-state index is 12.8. The highest BCUT2D eigenvalue weighted by molar-refractivity contribution is 6.31. The topological polar surface area (TPSA) is 91.3 Å². The molecule has 4 aromatic rings. The molecule has 38 heavy (non-hydrogen) atoms. The number of carbonyl (C=O) groups is 1. The van der Waals surface area contributed by atoms with Gasteiger partial charge in [0.2, 0.25) is 0 Å². The molecule has 2 amide bonds. The van der Waals surface area contributed by atoms with E-state index in [1.54, 1.807) is 12.1 Å². The van der Waals surface area contributed by atoms with Crippen LogP contribution in [0.2, 0.25) is 5.15 Å². The zero-order valence-corrected chi connectivity index (χ0v) is 21.6. The number of nitrogens with zero attached hydrogens (tertiary/aromatic N) is 3. The molecule has 3 aromatic carbocycles. The minimum absolute atomic E-state index is 0.225. The fraction of sp³-hybridized carbons (Fsp3) is 0.207. The van der Waals surface area contributed by atoms with Crippen molar-refractivity contribution in [1.82, 2.24) is 15.1 Å². The van der Waals surface area contributed by atoms with Gasteiger partial charge >= 0.3 is 6.03 Å². The van der Waals surface area contributed by atoms with E-state index in [1.807, 2.05) is 72.8 Å². The number of hydrogen-bond acceptors (Lipinski definition) is 5. The highest BCUT2D eigenvalue weighted by Gasteiger charge is 2.16. The summed E-state index contributed by atoms with van der Waals surface area (Å²) >= 11 is 6.48. The number of urea groups is 1. The van der Waals surface area contributed by atoms with Crippen LogP contribution in [-0.2, 0) is 6.54 Å². The summed E-state index contributed by atoms with van der Waals surface area (Å²) < 4.78 is 1.34. The van der Waals surface area contributed by atoms with Crippen LogP contribution in [0.1, 0.15) is 12.0 Å². The van der Waals surface area contributed by atoms with Crippen molar-refractivity contribution in [3.63, 3.8) is 0 Å². The average Bonchev–Trinajstić information content (AvgIpc) is 3.21. The monoisotopic (exact) mass is 528 g/mol. The van der Waals surface area contributed by atoms with Gasteiger partial charge in [-0.05, 0) is 53.9 Å². The van der Waals surface area contributed by atoms with Gasteiger partial charge in [0, 0.05) is 37.1 Å². The molecular formula is C29H29ClN6O2. The lowest BCUT2D eigenvalue weighted by atomic mass is 10.1. The molecule has 0 radical (unpaired) electrons. The summed E-state index contributed by atoms with van der Waals surface area (Å²) in [5, 5.41) is 13.7. The summed E-state index contributed by atoms with van der Waals surface area (Å²) in [6.45, 7) is 3.62. The van der Waals surface area contributed by atoms with E-state index in [2.05, 4.69) is 25.9 Å². The molecule has 0 unspecified atom stereocenters. The molecule has 0 aliphatic carbocycles. The minimum atomic E-state index is -0.357. The van der Waals surface area contributed by atoms with Crippen LogP contribution in [0.25, 0.3) is 11.1 Å². The Bertz CT molecular complexity index is 1450. The summed E-state index contributed by atoms with van der Waals surface area (Å²) in [5.41, 5.74) is 4.73. The van der Waals surface area contributed by atoms with Crippen molar-refractivity contribution in [2.45, 2.75) is 13.0 Å². The molecule has 0 atom stereocenters. The highest BCUT2D eigenvalue weighted by Crippen LogP contribution is 2.23. The molecular weight excluding hydrogens is 500 g/mol. The average molecular weight is 529 g/mol. The fourth-order valence-corrected chi connectivity index (χ4v) is 4.73. The Morgan fingerprint density at radius 3 is 2.45 bits per heavy atom. The van der Waals surface area contributed by atoms with Crippen LogP contribution in [0.3, 0.4) is 0 Å². The van der Waals surface area contributed by atoms with Crippen LogP contribution in [0.15, 0.2) is 89.7 Å². The Hall–Kier alpha value is -4.14. The van der Waals surface area contributed by atoms with Crippen LogP contribution in [0, 0.1) is 0 Å². The van der Waals surface area contributed by atoms with E-state index in [-0.39, 0.29) is 18.1 Å². The number of anilines is 3. The molecule has 2 heterocycles. The van der Waals surface area contributed by atoms with E-state index in [0.717, 1.165) is 49.3 Å². The second-order valence-electron chi connectivity index (χ2n) is 9.13. The summed E-state index contributed by atoms with van der Waals surface area (Å²) in [6, 6.07) is 26.2. The van der Waals surface area contributed by atoms with Gasteiger partial charge in [0.15, 0.2) is 5.15 Å². The number of nitrogens with one attached hydrogen (secondary N) is 3. The first-order valence-electron chi connectivity index (χ1n) is 12.6. The smallest absolute Gasteiger partial charge is 0.323 e. The molecule has 1 aromatic heterocycles. The van der Waals surface area contributed by atoms with E-state index < -0.39 is 0 Å². The molecule has 9 heteroatoms. The summed E-state index contributed by atoms with van der Waals surface area (Å²) in [4.78, 5) is 27.5. The van der Waals surface area contributed by atoms with E-state index in [0.29, 0.717) is 22.2 Å². The maximum Gasteiger partial charge on any atom is 0.323 e. The normalized spacial score (nSPS) is 13.6. The lowest BCUT2D eigenvalue weighted by Crippen LogP contribution is -2.31. The van der Waals surface area contributed by atoms with Gasteiger partial charge in [-0.25, -0.2) is 9.48 Å². The number of aromatic nitrogens is 2. The van der Waals surface area contributed by atoms with Crippen molar-refractivity contribution in [3.05, 3.63) is 106 Å². The van der Waals surface area contributed by atoms with Gasteiger partial charge in [0.25, 0.3) is 5.56 Å². The zero-order valence-electron chi connectivity index (χ0n) is 20.9. The lowest BCUT2D eigenvalue weighted by molar-refractivity contribution is 0.262. The Morgan fingerprint density at radius 2 is 1.63 bits per heavy atom. The second-order valence-corrected chi connectivity index (χ2v) is 9.49. The van der Waals surface area contributed by atoms with E-state index in [9.17, 15) is 9.59 Å². The quantitative estimate of drug-likeness (QED) is 0.325. The molecule has 194 valence electrons. The molecule has 0 spiro atoms. The number of carbonyl (C=O) groups excluding carboxylic acids is 1. The number of amides is 2. The van der Waals surface area contributed by atoms with E-state index in [4.69, 9.17) is 11.6 Å². The summed E-state index contributed by atoms with van der Waals surface area (Å²) in [6.07, 6.45) is 0.978. The third-order valence-electron chi connectivity index (χ3n) is 6.38. The molecule has 0 bridgehead atoms. The molecule has 1 fully saturated rings. The van der Waals surface area contributed by atoms with Crippen molar-refractivity contribution in [2.24, 2.45) is 0 Å². The maximum absolute atomic E-state index is 12.8. The minimum Gasteiger partial charge on any atom is -0.368 e. The van der Waals surface area contributed by atoms with Crippen molar-refractivity contribution in [1.29, 1.82) is 0 Å². The van der Waals surface area contributed by atoms with Crippen LogP contribution in [0.5, 0.6) is 0 Å². The molecule has 8 nitrogen and oxygen atoms in total. The zero-order chi connectivity index (χ0) is 26.3. The van der Waals surface area contributed by atoms with Crippen LogP contribution in [0.4, 0.5) is 21.9 Å². The number of rotatable bonds is 6. The number of halogens is 1. The first kappa shape index (κ1) is 25.5. The predicted molar refractivity (Wildman–Crippen MR) is 153 cm³/mol. The van der Waals surface area contributed by atoms with Crippen LogP contribution in [-0.4, -0.2) is 42.0 Å². The summed E-state index contributed by atoms with van der Waals surface area (Å²) in [7, 11) is 0. The molecule has 5 rings (SSSR count). The van der Waals surface area contributed by atoms with Crippen molar-refractivity contribution < 1.29 is 4.79 Å². The number of benzene rings is 3. The third-order valence-corrected chi connectivity index (χ3v) is 6.65. The van der Waals surface area contributed by atoms with Gasteiger partial charge < -0.3 is 20.9 Å². The van der Waals surface area contributed by atoms with Gasteiger partial charge in [0.05, 0.1) is 12.2 Å². The van der Waals surface area contributed by atoms with Crippen molar-refractivity contribution >= 4 is 34.7 Å². The molecule has 1 saturated heterocycles. The third kappa shape index (κ3) is 6.40. The van der Waals surface area contributed by atoms with Gasteiger partial charge in [-0.1, -0.05) is 66.2 Å². The first-order valence-corrected chi connectivity index (χ1v) is 13.0. The Morgan fingerprint density at radius 1 is 0.868 bits per heavy atom. The largest absolute Gasteiger partial charge is 0.368 e. The SMILES string of the molecule is O=C(Nc1ccc(-c2ccccc2)cc1)Nc1cccc(Cn2nc(Cl)c(N3CCCNCC3)cc2=O)c1. The van der Waals surface area contributed by atoms with Crippen molar-refractivity contribution in [3.8, 4) is 11.1 Å². The van der Waals surface area contributed by atoms with Gasteiger partial charge in [-0.2, -0.15) is 5.10 Å². The van der Waals surface area contributed by atoms with Crippen molar-refractivity contribution in [2.75, 3.05) is 41.7 Å². The first-order chi connectivity index (χ1) is 18.5. The Labute approximate surface area is 226 Å². The summed E-state index contributed by atoms with van der Waals surface area (Å²) in [5.74, 6) is 0. The van der Waals surface area contributed by atoms with E-state index >= 15 is 0 Å². The molecule has 0 saturated carbocycles. The van der Waals surface area contributed by atoms with E-state index in [1.165, 1.54) is 4.68 Å². The fourth-order valence-electron chi connectivity index (χ4n) is 4.47. The van der Waals surface area contributed by atoms with Crippen LogP contribution < -0.4 is 26.4 Å². The molecule has 1 aliphatic rings. The van der Waals surface area contributed by atoms with Crippen LogP contribution >= 0.6 is 11.6 Å². The van der Waals surface area contributed by atoms with Gasteiger partial charge in [0.1, 0.15) is 0 Å². The second kappa shape index (κ2) is 11.9. The predicted octanol–water partition coefficient (Wildman–Crippen LogP) is 5.06. The van der Waals surface area contributed by atoms with Gasteiger partial charge in [-0.3, -0.25) is 4.79 Å². The Kier molecular flexibility index (Phi) is 8.01. The molecule has 3 N–H and O–H groups in total. The highest BCUT2D eigenvalue weighted by atomic mass is 35.5.